The summed E-state index contributed by atoms with van der Waals surface area (Å²) in [4.78, 5) is 35.8. The SMILES string of the molecule is CCC(C)C(C(=O)N[C@@H](Cc1ccccc1)[C@H](O)CN(CC(C)C)S(=O)(=O)c1ccc(/C=N/O)cc1)N1CCN(Cc2csc(N(C)N)n2)C1=O. The zero-order valence-corrected chi connectivity index (χ0v) is 31.4. The first kappa shape index (κ1) is 39.7. The van der Waals surface area contributed by atoms with E-state index in [9.17, 15) is 23.1 Å². The first-order valence-electron chi connectivity index (χ1n) is 17.0. The Kier molecular flexibility index (Phi) is 13.9. The fourth-order valence-corrected chi connectivity index (χ4v) is 8.36. The average molecular weight is 743 g/mol. The Hall–Kier alpha value is -4.09. The summed E-state index contributed by atoms with van der Waals surface area (Å²) in [5.74, 6) is 5.12. The minimum atomic E-state index is -4.07. The molecule has 1 fully saturated rings. The van der Waals surface area contributed by atoms with Gasteiger partial charge in [0.25, 0.3) is 0 Å². The number of amides is 3. The summed E-state index contributed by atoms with van der Waals surface area (Å²) in [7, 11) is -2.37. The van der Waals surface area contributed by atoms with E-state index in [2.05, 4.69) is 15.5 Å². The maximum absolute atomic E-state index is 14.3. The lowest BCUT2D eigenvalue weighted by Gasteiger charge is -2.35. The molecule has 2 heterocycles. The zero-order chi connectivity index (χ0) is 37.3. The number of aromatic nitrogens is 1. The molecule has 51 heavy (non-hydrogen) atoms. The number of sulfonamides is 1. The van der Waals surface area contributed by atoms with E-state index in [-0.39, 0.29) is 48.8 Å². The highest BCUT2D eigenvalue weighted by Crippen LogP contribution is 2.25. The Morgan fingerprint density at radius 1 is 1.12 bits per heavy atom. The van der Waals surface area contributed by atoms with Crippen LogP contribution in [0.1, 0.15) is 50.9 Å². The van der Waals surface area contributed by atoms with Crippen LogP contribution in [-0.4, -0.2) is 107 Å². The van der Waals surface area contributed by atoms with Crippen LogP contribution in [0.5, 0.6) is 0 Å². The number of anilines is 1. The summed E-state index contributed by atoms with van der Waals surface area (Å²) in [5.41, 5.74) is 2.06. The predicted octanol–water partition coefficient (Wildman–Crippen LogP) is 3.35. The highest BCUT2D eigenvalue weighted by Gasteiger charge is 2.41. The van der Waals surface area contributed by atoms with E-state index < -0.39 is 34.1 Å². The fourth-order valence-electron chi connectivity index (χ4n) is 6.04. The van der Waals surface area contributed by atoms with Crippen LogP contribution in [-0.2, 0) is 27.8 Å². The van der Waals surface area contributed by atoms with Gasteiger partial charge in [-0.3, -0.25) is 9.80 Å². The number of rotatable bonds is 18. The van der Waals surface area contributed by atoms with Crippen molar-refractivity contribution < 1.29 is 28.3 Å². The van der Waals surface area contributed by atoms with Gasteiger partial charge in [-0.1, -0.05) is 81.7 Å². The molecule has 0 radical (unpaired) electrons. The Morgan fingerprint density at radius 3 is 2.39 bits per heavy atom. The van der Waals surface area contributed by atoms with E-state index in [1.807, 2.05) is 63.4 Å². The third-order valence-electron chi connectivity index (χ3n) is 8.88. The molecular weight excluding hydrogens is 693 g/mol. The van der Waals surface area contributed by atoms with Crippen molar-refractivity contribution in [3.63, 3.8) is 0 Å². The highest BCUT2D eigenvalue weighted by atomic mass is 32.2. The van der Waals surface area contributed by atoms with Gasteiger partial charge < -0.3 is 25.4 Å². The second-order valence-corrected chi connectivity index (χ2v) is 16.1. The van der Waals surface area contributed by atoms with Crippen molar-refractivity contribution in [3.8, 4) is 0 Å². The smallest absolute Gasteiger partial charge is 0.321 e. The van der Waals surface area contributed by atoms with Gasteiger partial charge in [0, 0.05) is 38.6 Å². The monoisotopic (exact) mass is 742 g/mol. The number of hydrogen-bond donors (Lipinski definition) is 4. The minimum Gasteiger partial charge on any atom is -0.411 e. The molecule has 1 aliphatic rings. The quantitative estimate of drug-likeness (QED) is 0.0657. The molecule has 5 N–H and O–H groups in total. The number of nitrogens with zero attached hydrogens (tertiary/aromatic N) is 6. The standard InChI is InChI=1S/C35H50N8O6S2/c1-6-25(4)32(43-17-16-41(35(43)46)21-28-23-50-34(38-28)40(5)36)33(45)39-30(18-26-10-8-7-9-11-26)31(44)22-42(20-24(2)3)51(48,49)29-14-12-27(13-15-29)19-37-47/h7-15,19,23-25,30-32,44,47H,6,16-18,20-22,36H2,1-5H3,(H,39,45)/b37-19+/t25?,30-,31+,32?/m0/s1. The molecule has 2 unspecified atom stereocenters. The molecule has 3 aromatic rings. The maximum Gasteiger partial charge on any atom is 0.321 e. The van der Waals surface area contributed by atoms with Crippen molar-refractivity contribution in [1.82, 2.24) is 24.4 Å². The van der Waals surface area contributed by atoms with E-state index >= 15 is 0 Å². The number of hydrazine groups is 1. The molecule has 4 atom stereocenters. The number of aliphatic hydroxyl groups is 1. The van der Waals surface area contributed by atoms with E-state index in [1.165, 1.54) is 51.1 Å². The summed E-state index contributed by atoms with van der Waals surface area (Å²) in [6.45, 7) is 8.52. The van der Waals surface area contributed by atoms with Gasteiger partial charge in [-0.2, -0.15) is 4.31 Å². The van der Waals surface area contributed by atoms with Crippen molar-refractivity contribution in [2.45, 2.75) is 70.2 Å². The maximum atomic E-state index is 14.3. The van der Waals surface area contributed by atoms with Crippen LogP contribution in [0.4, 0.5) is 9.93 Å². The van der Waals surface area contributed by atoms with Gasteiger partial charge in [-0.15, -0.1) is 11.3 Å². The summed E-state index contributed by atoms with van der Waals surface area (Å²) < 4.78 is 29.0. The van der Waals surface area contributed by atoms with E-state index in [0.717, 1.165) is 5.56 Å². The van der Waals surface area contributed by atoms with Gasteiger partial charge in [-0.25, -0.2) is 24.0 Å². The first-order chi connectivity index (χ1) is 24.2. The Morgan fingerprint density at radius 2 is 1.80 bits per heavy atom. The zero-order valence-electron chi connectivity index (χ0n) is 29.8. The molecule has 1 aromatic heterocycles. The topological polar surface area (TPSA) is 185 Å². The molecule has 1 saturated heterocycles. The van der Waals surface area contributed by atoms with Crippen LogP contribution in [0, 0.1) is 11.8 Å². The summed E-state index contributed by atoms with van der Waals surface area (Å²) in [5, 5.41) is 30.6. The summed E-state index contributed by atoms with van der Waals surface area (Å²) in [6, 6.07) is 13.3. The van der Waals surface area contributed by atoms with E-state index in [4.69, 9.17) is 11.0 Å². The molecule has 278 valence electrons. The van der Waals surface area contributed by atoms with Crippen molar-refractivity contribution >= 4 is 44.6 Å². The van der Waals surface area contributed by atoms with Crippen LogP contribution in [0.2, 0.25) is 0 Å². The van der Waals surface area contributed by atoms with Gasteiger partial charge in [0.15, 0.2) is 5.13 Å². The predicted molar refractivity (Wildman–Crippen MR) is 198 cm³/mol. The van der Waals surface area contributed by atoms with Gasteiger partial charge in [0.05, 0.1) is 35.5 Å². The first-order valence-corrected chi connectivity index (χ1v) is 19.3. The van der Waals surface area contributed by atoms with Crippen molar-refractivity contribution in [1.29, 1.82) is 0 Å². The lowest BCUT2D eigenvalue weighted by Crippen LogP contribution is -2.57. The van der Waals surface area contributed by atoms with Crippen LogP contribution in [0.15, 0.2) is 70.0 Å². The molecule has 14 nitrogen and oxygen atoms in total. The Balaban J connectivity index is 1.58. The number of carbonyl (C=O) groups excluding carboxylic acids is 2. The molecule has 0 saturated carbocycles. The molecule has 4 rings (SSSR count). The van der Waals surface area contributed by atoms with Gasteiger partial charge in [-0.05, 0) is 41.5 Å². The second-order valence-electron chi connectivity index (χ2n) is 13.4. The van der Waals surface area contributed by atoms with Gasteiger partial charge in [0.2, 0.25) is 15.9 Å². The lowest BCUT2D eigenvalue weighted by atomic mass is 9.95. The number of hydrogen-bond acceptors (Lipinski definition) is 11. The molecule has 0 spiro atoms. The highest BCUT2D eigenvalue weighted by molar-refractivity contribution is 7.89. The van der Waals surface area contributed by atoms with Gasteiger partial charge >= 0.3 is 6.03 Å². The van der Waals surface area contributed by atoms with Crippen molar-refractivity contribution in [2.75, 3.05) is 38.2 Å². The number of oxime groups is 1. The molecule has 16 heteroatoms. The third-order valence-corrected chi connectivity index (χ3v) is 11.7. The number of benzene rings is 2. The van der Waals surface area contributed by atoms with E-state index in [0.29, 0.717) is 35.9 Å². The number of urea groups is 1. The number of carbonyl (C=O) groups is 2. The number of nitrogens with two attached hydrogens (primary N) is 1. The third kappa shape index (κ3) is 10.3. The molecule has 0 bridgehead atoms. The largest absolute Gasteiger partial charge is 0.411 e. The lowest BCUT2D eigenvalue weighted by molar-refractivity contribution is -0.128. The number of thiazole rings is 1. The normalized spacial score (nSPS) is 16.2. The summed E-state index contributed by atoms with van der Waals surface area (Å²) >= 11 is 1.38. The van der Waals surface area contributed by atoms with Crippen molar-refractivity contribution in [3.05, 3.63) is 76.8 Å². The van der Waals surface area contributed by atoms with E-state index in [1.54, 1.807) is 16.8 Å². The molecule has 1 aliphatic heterocycles. The van der Waals surface area contributed by atoms with Crippen LogP contribution < -0.4 is 16.2 Å². The Bertz CT molecular complexity index is 1720. The van der Waals surface area contributed by atoms with Crippen molar-refractivity contribution in [2.24, 2.45) is 22.8 Å². The number of nitrogens with one attached hydrogen (secondary N) is 1. The minimum absolute atomic E-state index is 0.0203. The summed E-state index contributed by atoms with van der Waals surface area (Å²) in [6.07, 6.45) is 0.745. The fraction of sp³-hybridized carbons (Fsp3) is 0.486. The Labute approximate surface area is 304 Å². The molecular formula is C35H50N8O6S2. The van der Waals surface area contributed by atoms with Gasteiger partial charge in [0.1, 0.15) is 6.04 Å². The van der Waals surface area contributed by atoms with Crippen LogP contribution >= 0.6 is 11.3 Å². The second kappa shape index (κ2) is 17.9. The molecule has 3 amide bonds. The average Bonchev–Trinajstić information content (AvgIpc) is 3.71. The molecule has 2 aromatic carbocycles. The van der Waals surface area contributed by atoms with Crippen LogP contribution in [0.25, 0.3) is 0 Å². The van der Waals surface area contributed by atoms with Crippen LogP contribution in [0.3, 0.4) is 0 Å². The number of aliphatic hydroxyl groups excluding tert-OH is 1. The molecule has 0 aliphatic carbocycles.